The summed E-state index contributed by atoms with van der Waals surface area (Å²) < 4.78 is 35.5. The van der Waals surface area contributed by atoms with Crippen LogP contribution in [-0.4, -0.2) is 47.3 Å². The average molecular weight is 259 g/mol. The standard InChI is InChI=1S/C8H16F3N3OS/c1-6(7(12)13-15)5-14(2)3-4-16-8(9,10)11/h6,15H,3-5H2,1-2H3,(H2,12,13). The maximum absolute atomic E-state index is 11.8. The van der Waals surface area contributed by atoms with Gasteiger partial charge in [-0.15, -0.1) is 0 Å². The topological polar surface area (TPSA) is 61.8 Å². The maximum atomic E-state index is 11.8. The monoisotopic (exact) mass is 259 g/mol. The van der Waals surface area contributed by atoms with Gasteiger partial charge in [0.1, 0.15) is 5.84 Å². The molecule has 1 unspecified atom stereocenters. The Morgan fingerprint density at radius 2 is 2.12 bits per heavy atom. The summed E-state index contributed by atoms with van der Waals surface area (Å²) in [5.41, 5.74) is 1.17. The molecule has 0 saturated carbocycles. The van der Waals surface area contributed by atoms with Gasteiger partial charge in [0.15, 0.2) is 0 Å². The Hall–Kier alpha value is -0.630. The van der Waals surface area contributed by atoms with Crippen molar-refractivity contribution in [2.45, 2.75) is 12.4 Å². The van der Waals surface area contributed by atoms with Crippen molar-refractivity contribution >= 4 is 17.6 Å². The third kappa shape index (κ3) is 7.63. The summed E-state index contributed by atoms with van der Waals surface area (Å²) in [5, 5.41) is 11.2. The van der Waals surface area contributed by atoms with Crippen molar-refractivity contribution < 1.29 is 18.4 Å². The van der Waals surface area contributed by atoms with Gasteiger partial charge in [0.2, 0.25) is 0 Å². The second-order valence-corrected chi connectivity index (χ2v) is 4.64. The first-order valence-electron chi connectivity index (χ1n) is 4.63. The number of oxime groups is 1. The summed E-state index contributed by atoms with van der Waals surface area (Å²) >= 11 is -0.0494. The van der Waals surface area contributed by atoms with E-state index in [2.05, 4.69) is 5.16 Å². The third-order valence-corrected chi connectivity index (χ3v) is 2.66. The Kier molecular flexibility index (Phi) is 6.58. The van der Waals surface area contributed by atoms with Crippen molar-refractivity contribution in [3.05, 3.63) is 0 Å². The van der Waals surface area contributed by atoms with Crippen LogP contribution < -0.4 is 5.73 Å². The Balaban J connectivity index is 3.79. The summed E-state index contributed by atoms with van der Waals surface area (Å²) in [7, 11) is 1.69. The van der Waals surface area contributed by atoms with Gasteiger partial charge in [-0.3, -0.25) is 0 Å². The first-order chi connectivity index (χ1) is 7.26. The highest BCUT2D eigenvalue weighted by Crippen LogP contribution is 2.29. The summed E-state index contributed by atoms with van der Waals surface area (Å²) in [4.78, 5) is 1.71. The molecule has 0 aromatic rings. The predicted molar refractivity (Wildman–Crippen MR) is 58.6 cm³/mol. The Labute approximate surface area is 96.7 Å². The molecule has 0 saturated heterocycles. The normalized spacial score (nSPS) is 15.5. The number of alkyl halides is 3. The van der Waals surface area contributed by atoms with Gasteiger partial charge in [0, 0.05) is 24.8 Å². The largest absolute Gasteiger partial charge is 0.441 e. The predicted octanol–water partition coefficient (Wildman–Crippen LogP) is 1.55. The quantitative estimate of drug-likeness (QED) is 0.329. The molecule has 8 heteroatoms. The molecule has 0 fully saturated rings. The second-order valence-electron chi connectivity index (χ2n) is 3.48. The molecule has 4 nitrogen and oxygen atoms in total. The molecule has 3 N–H and O–H groups in total. The molecule has 1 atom stereocenters. The van der Waals surface area contributed by atoms with Gasteiger partial charge in [0.25, 0.3) is 0 Å². The molecule has 0 rings (SSSR count). The minimum Gasteiger partial charge on any atom is -0.409 e. The Bertz CT molecular complexity index is 235. The van der Waals surface area contributed by atoms with Crippen LogP contribution in [0.3, 0.4) is 0 Å². The van der Waals surface area contributed by atoms with Crippen LogP contribution in [0.5, 0.6) is 0 Å². The van der Waals surface area contributed by atoms with Crippen molar-refractivity contribution in [2.24, 2.45) is 16.8 Å². The van der Waals surface area contributed by atoms with Gasteiger partial charge in [-0.25, -0.2) is 0 Å². The fourth-order valence-electron chi connectivity index (χ4n) is 1.07. The van der Waals surface area contributed by atoms with Gasteiger partial charge in [-0.2, -0.15) is 13.2 Å². The molecule has 96 valence electrons. The zero-order chi connectivity index (χ0) is 12.8. The molecular formula is C8H16F3N3OS. The Morgan fingerprint density at radius 1 is 1.56 bits per heavy atom. The number of amidine groups is 1. The smallest absolute Gasteiger partial charge is 0.409 e. The van der Waals surface area contributed by atoms with Crippen LogP contribution in [-0.2, 0) is 0 Å². The van der Waals surface area contributed by atoms with E-state index in [1.807, 2.05) is 0 Å². The number of nitrogens with two attached hydrogens (primary N) is 1. The van der Waals surface area contributed by atoms with Gasteiger partial charge in [0.05, 0.1) is 0 Å². The SMILES string of the molecule is CC(CN(C)CCSC(F)(F)F)C(N)=NO. The lowest BCUT2D eigenvalue weighted by atomic mass is 10.1. The van der Waals surface area contributed by atoms with E-state index in [-0.39, 0.29) is 29.3 Å². The number of nitrogens with zero attached hydrogens (tertiary/aromatic N) is 2. The molecular weight excluding hydrogens is 243 g/mol. The summed E-state index contributed by atoms with van der Waals surface area (Å²) in [6.45, 7) is 2.49. The van der Waals surface area contributed by atoms with Crippen molar-refractivity contribution in [2.75, 3.05) is 25.9 Å². The van der Waals surface area contributed by atoms with Crippen LogP contribution in [0.4, 0.5) is 13.2 Å². The van der Waals surface area contributed by atoms with Crippen LogP contribution in [0.2, 0.25) is 0 Å². The highest BCUT2D eigenvalue weighted by Gasteiger charge is 2.27. The molecule has 16 heavy (non-hydrogen) atoms. The fourth-order valence-corrected chi connectivity index (χ4v) is 1.70. The summed E-state index contributed by atoms with van der Waals surface area (Å²) in [6, 6.07) is 0. The first kappa shape index (κ1) is 15.4. The second kappa shape index (κ2) is 6.85. The van der Waals surface area contributed by atoms with E-state index in [0.29, 0.717) is 13.1 Å². The summed E-state index contributed by atoms with van der Waals surface area (Å²) in [6.07, 6.45) is 0. The van der Waals surface area contributed by atoms with E-state index >= 15 is 0 Å². The molecule has 0 amide bonds. The molecule has 0 aromatic heterocycles. The van der Waals surface area contributed by atoms with Crippen LogP contribution in [0, 0.1) is 5.92 Å². The lowest BCUT2D eigenvalue weighted by Crippen LogP contribution is -2.34. The number of hydrogen-bond donors (Lipinski definition) is 2. The number of halogens is 3. The number of hydrogen-bond acceptors (Lipinski definition) is 4. The van der Waals surface area contributed by atoms with E-state index < -0.39 is 5.51 Å². The molecule has 0 aromatic carbocycles. The Morgan fingerprint density at radius 3 is 2.56 bits per heavy atom. The molecule has 0 aliphatic heterocycles. The van der Waals surface area contributed by atoms with E-state index in [4.69, 9.17) is 10.9 Å². The lowest BCUT2D eigenvalue weighted by Gasteiger charge is -2.20. The highest BCUT2D eigenvalue weighted by molar-refractivity contribution is 8.00. The van der Waals surface area contributed by atoms with Gasteiger partial charge < -0.3 is 15.8 Å². The number of thioether (sulfide) groups is 1. The van der Waals surface area contributed by atoms with Crippen molar-refractivity contribution in [1.29, 1.82) is 0 Å². The molecule has 0 heterocycles. The van der Waals surface area contributed by atoms with Crippen LogP contribution >= 0.6 is 11.8 Å². The first-order valence-corrected chi connectivity index (χ1v) is 5.61. The summed E-state index contributed by atoms with van der Waals surface area (Å²) in [5.74, 6) is -0.135. The van der Waals surface area contributed by atoms with Crippen molar-refractivity contribution in [3.63, 3.8) is 0 Å². The lowest BCUT2D eigenvalue weighted by molar-refractivity contribution is -0.0328. The molecule has 0 aliphatic carbocycles. The van der Waals surface area contributed by atoms with Crippen LogP contribution in [0.15, 0.2) is 5.16 Å². The van der Waals surface area contributed by atoms with Crippen molar-refractivity contribution in [1.82, 2.24) is 4.90 Å². The third-order valence-electron chi connectivity index (χ3n) is 1.94. The van der Waals surface area contributed by atoms with Gasteiger partial charge in [-0.05, 0) is 18.8 Å². The molecule has 0 spiro atoms. The van der Waals surface area contributed by atoms with Gasteiger partial charge >= 0.3 is 5.51 Å². The minimum absolute atomic E-state index is 0.0249. The fraction of sp³-hybridized carbons (Fsp3) is 0.875. The average Bonchev–Trinajstić information content (AvgIpc) is 2.14. The van der Waals surface area contributed by atoms with E-state index in [1.165, 1.54) is 0 Å². The van der Waals surface area contributed by atoms with E-state index in [9.17, 15) is 13.2 Å². The maximum Gasteiger partial charge on any atom is 0.441 e. The zero-order valence-electron chi connectivity index (χ0n) is 9.16. The van der Waals surface area contributed by atoms with Crippen molar-refractivity contribution in [3.8, 4) is 0 Å². The molecule has 0 aliphatic rings. The van der Waals surface area contributed by atoms with E-state index in [0.717, 1.165) is 0 Å². The van der Waals surface area contributed by atoms with Crippen LogP contribution in [0.25, 0.3) is 0 Å². The molecule has 0 radical (unpaired) electrons. The number of rotatable bonds is 6. The van der Waals surface area contributed by atoms with Crippen LogP contribution in [0.1, 0.15) is 6.92 Å². The molecule has 0 bridgehead atoms. The van der Waals surface area contributed by atoms with Gasteiger partial charge in [-0.1, -0.05) is 12.1 Å². The zero-order valence-corrected chi connectivity index (χ0v) is 9.98. The van der Waals surface area contributed by atoms with E-state index in [1.54, 1.807) is 18.9 Å². The highest BCUT2D eigenvalue weighted by atomic mass is 32.2. The minimum atomic E-state index is -4.18.